The van der Waals surface area contributed by atoms with Gasteiger partial charge in [-0.2, -0.15) is 0 Å². The van der Waals surface area contributed by atoms with Crippen LogP contribution in [-0.4, -0.2) is 62.8 Å². The van der Waals surface area contributed by atoms with Crippen LogP contribution < -0.4 is 0 Å². The molecule has 0 aliphatic carbocycles. The molecule has 4 atom stereocenters. The molecule has 5 N–H and O–H groups in total. The van der Waals surface area contributed by atoms with Crippen LogP contribution in [0.3, 0.4) is 0 Å². The maximum absolute atomic E-state index is 10.0. The summed E-state index contributed by atoms with van der Waals surface area (Å²) < 4.78 is 0. The molecule has 0 amide bonds. The number of carbonyl (C=O) groups excluding carboxylic acids is 1. The number of hydrogen-bond donors (Lipinski definition) is 5. The molecule has 0 aliphatic rings. The molecule has 0 rings (SSSR count). The Labute approximate surface area is 81.4 Å². The van der Waals surface area contributed by atoms with Crippen molar-refractivity contribution in [2.45, 2.75) is 37.3 Å². The molecular formula is C8H16O6. The lowest BCUT2D eigenvalue weighted by Crippen LogP contribution is -2.45. The zero-order chi connectivity index (χ0) is 11.1. The molecule has 0 saturated heterocycles. The normalized spacial score (nSPS) is 19.8. The number of carbonyl (C=O) groups is 1. The molecule has 0 radical (unpaired) electrons. The summed E-state index contributed by atoms with van der Waals surface area (Å²) in [6, 6.07) is 0. The molecule has 4 unspecified atom stereocenters. The van der Waals surface area contributed by atoms with E-state index in [9.17, 15) is 15.0 Å². The van der Waals surface area contributed by atoms with Gasteiger partial charge in [-0.3, -0.25) is 0 Å². The van der Waals surface area contributed by atoms with Crippen molar-refractivity contribution in [2.75, 3.05) is 6.61 Å². The molecule has 0 aromatic rings. The monoisotopic (exact) mass is 208 g/mol. The van der Waals surface area contributed by atoms with Gasteiger partial charge in [-0.25, -0.2) is 0 Å². The minimum atomic E-state index is -1.71. The zero-order valence-corrected chi connectivity index (χ0v) is 7.65. The number of hydrogen-bond acceptors (Lipinski definition) is 6. The van der Waals surface area contributed by atoms with E-state index in [2.05, 4.69) is 0 Å². The Morgan fingerprint density at radius 2 is 1.64 bits per heavy atom. The molecule has 6 nitrogen and oxygen atoms in total. The molecule has 84 valence electrons. The van der Waals surface area contributed by atoms with E-state index in [4.69, 9.17) is 15.3 Å². The third-order valence-corrected chi connectivity index (χ3v) is 1.89. The standard InChI is InChI=1S/C8H16O6/c9-3-1-2-5(11)7(13)8(14)6(12)4-10/h4-9,11-14H,1-3H2. The molecule has 0 spiro atoms. The van der Waals surface area contributed by atoms with Crippen molar-refractivity contribution >= 4 is 6.29 Å². The minimum Gasteiger partial charge on any atom is -0.396 e. The average molecular weight is 208 g/mol. The molecule has 0 aromatic heterocycles. The first kappa shape index (κ1) is 13.5. The summed E-state index contributed by atoms with van der Waals surface area (Å²) >= 11 is 0. The summed E-state index contributed by atoms with van der Waals surface area (Å²) in [5.74, 6) is 0. The number of rotatable bonds is 7. The highest BCUT2D eigenvalue weighted by Gasteiger charge is 2.29. The SMILES string of the molecule is O=CC(O)C(O)C(O)C(O)CCCO. The van der Waals surface area contributed by atoms with Gasteiger partial charge in [0.1, 0.15) is 18.3 Å². The van der Waals surface area contributed by atoms with Gasteiger partial charge in [-0.1, -0.05) is 0 Å². The number of aliphatic hydroxyl groups is 5. The third kappa shape index (κ3) is 4.12. The van der Waals surface area contributed by atoms with Crippen LogP contribution in [0.2, 0.25) is 0 Å². The van der Waals surface area contributed by atoms with E-state index in [1.54, 1.807) is 0 Å². The van der Waals surface area contributed by atoms with Crippen LogP contribution in [0.25, 0.3) is 0 Å². The van der Waals surface area contributed by atoms with Gasteiger partial charge in [-0.05, 0) is 12.8 Å². The second-order valence-corrected chi connectivity index (χ2v) is 3.04. The van der Waals surface area contributed by atoms with Crippen molar-refractivity contribution in [3.63, 3.8) is 0 Å². The largest absolute Gasteiger partial charge is 0.396 e. The van der Waals surface area contributed by atoms with E-state index in [-0.39, 0.29) is 25.7 Å². The summed E-state index contributed by atoms with van der Waals surface area (Å²) in [7, 11) is 0. The Morgan fingerprint density at radius 3 is 2.07 bits per heavy atom. The first-order valence-corrected chi connectivity index (χ1v) is 4.33. The fraction of sp³-hybridized carbons (Fsp3) is 0.875. The highest BCUT2D eigenvalue weighted by atomic mass is 16.4. The Bertz CT molecular complexity index is 162. The summed E-state index contributed by atoms with van der Waals surface area (Å²) in [5.41, 5.74) is 0. The van der Waals surface area contributed by atoms with Crippen LogP contribution in [0.5, 0.6) is 0 Å². The van der Waals surface area contributed by atoms with E-state index in [1.165, 1.54) is 0 Å². The van der Waals surface area contributed by atoms with E-state index in [0.29, 0.717) is 0 Å². The summed E-state index contributed by atoms with van der Waals surface area (Å²) in [5, 5.41) is 44.8. The zero-order valence-electron chi connectivity index (χ0n) is 7.65. The van der Waals surface area contributed by atoms with Crippen LogP contribution in [0.15, 0.2) is 0 Å². The van der Waals surface area contributed by atoms with Gasteiger partial charge < -0.3 is 30.3 Å². The highest BCUT2D eigenvalue weighted by Crippen LogP contribution is 2.08. The second kappa shape index (κ2) is 6.86. The average Bonchev–Trinajstić information content (AvgIpc) is 2.22. The van der Waals surface area contributed by atoms with Crippen molar-refractivity contribution in [2.24, 2.45) is 0 Å². The molecule has 0 saturated carbocycles. The lowest BCUT2D eigenvalue weighted by molar-refractivity contribution is -0.134. The topological polar surface area (TPSA) is 118 Å². The van der Waals surface area contributed by atoms with Crippen LogP contribution >= 0.6 is 0 Å². The lowest BCUT2D eigenvalue weighted by Gasteiger charge is -2.23. The van der Waals surface area contributed by atoms with E-state index < -0.39 is 24.4 Å². The van der Waals surface area contributed by atoms with Gasteiger partial charge in [0.25, 0.3) is 0 Å². The van der Waals surface area contributed by atoms with E-state index in [1.807, 2.05) is 0 Å². The maximum Gasteiger partial charge on any atom is 0.151 e. The summed E-state index contributed by atoms with van der Waals surface area (Å²) in [6.45, 7) is -0.143. The molecule has 0 fully saturated rings. The van der Waals surface area contributed by atoms with Crippen LogP contribution in [0.4, 0.5) is 0 Å². The summed E-state index contributed by atoms with van der Waals surface area (Å²) in [6.07, 6.45) is -5.86. The highest BCUT2D eigenvalue weighted by molar-refractivity contribution is 5.56. The molecule has 0 heterocycles. The van der Waals surface area contributed by atoms with E-state index in [0.717, 1.165) is 0 Å². The Kier molecular flexibility index (Phi) is 6.60. The summed E-state index contributed by atoms with van der Waals surface area (Å²) in [4.78, 5) is 10.0. The fourth-order valence-corrected chi connectivity index (χ4v) is 0.981. The lowest BCUT2D eigenvalue weighted by atomic mass is 10.0. The predicted octanol–water partition coefficient (Wildman–Crippen LogP) is -2.60. The van der Waals surface area contributed by atoms with Crippen LogP contribution in [0.1, 0.15) is 12.8 Å². The van der Waals surface area contributed by atoms with Crippen LogP contribution in [0, 0.1) is 0 Å². The van der Waals surface area contributed by atoms with Crippen molar-refractivity contribution in [1.29, 1.82) is 0 Å². The Balaban J connectivity index is 4.02. The van der Waals surface area contributed by atoms with Gasteiger partial charge in [0.2, 0.25) is 0 Å². The quantitative estimate of drug-likeness (QED) is 0.293. The van der Waals surface area contributed by atoms with Gasteiger partial charge >= 0.3 is 0 Å². The molecule has 6 heteroatoms. The second-order valence-electron chi connectivity index (χ2n) is 3.04. The molecular weight excluding hydrogens is 192 g/mol. The number of aliphatic hydroxyl groups excluding tert-OH is 5. The van der Waals surface area contributed by atoms with Crippen molar-refractivity contribution in [3.8, 4) is 0 Å². The van der Waals surface area contributed by atoms with Gasteiger partial charge in [0, 0.05) is 6.61 Å². The molecule has 0 aliphatic heterocycles. The molecule has 14 heavy (non-hydrogen) atoms. The Hall–Kier alpha value is -0.530. The van der Waals surface area contributed by atoms with Crippen molar-refractivity contribution < 1.29 is 30.3 Å². The Morgan fingerprint density at radius 1 is 1.07 bits per heavy atom. The molecule has 0 aromatic carbocycles. The maximum atomic E-state index is 10.0. The van der Waals surface area contributed by atoms with Gasteiger partial charge in [-0.15, -0.1) is 0 Å². The first-order valence-electron chi connectivity index (χ1n) is 4.33. The first-order chi connectivity index (χ1) is 6.54. The van der Waals surface area contributed by atoms with Gasteiger partial charge in [0.15, 0.2) is 6.29 Å². The number of aldehydes is 1. The van der Waals surface area contributed by atoms with Gasteiger partial charge in [0.05, 0.1) is 6.10 Å². The van der Waals surface area contributed by atoms with Crippen LogP contribution in [-0.2, 0) is 4.79 Å². The molecule has 0 bridgehead atoms. The fourth-order valence-electron chi connectivity index (χ4n) is 0.981. The van der Waals surface area contributed by atoms with E-state index >= 15 is 0 Å². The smallest absolute Gasteiger partial charge is 0.151 e. The minimum absolute atomic E-state index is 0.0760. The van der Waals surface area contributed by atoms with Crippen molar-refractivity contribution in [1.82, 2.24) is 0 Å². The third-order valence-electron chi connectivity index (χ3n) is 1.89. The van der Waals surface area contributed by atoms with Crippen molar-refractivity contribution in [3.05, 3.63) is 0 Å². The predicted molar refractivity (Wildman–Crippen MR) is 46.4 cm³/mol.